The van der Waals surface area contributed by atoms with Crippen LogP contribution in [0.1, 0.15) is 22.3 Å². The van der Waals surface area contributed by atoms with Gasteiger partial charge in [-0.1, -0.05) is 72.8 Å². The molecule has 1 aromatic heterocycles. The number of nitrogen functional groups attached to an aromatic ring is 1. The second kappa shape index (κ2) is 14.1. The SMILES string of the molecule is COc1ccc(C(OC[C@H]2O[C@]3(n4cc(C)c(N)nc4=O)CN(C(=O)COc4ccccc4)[C@@H]3[C@@H]2O)(c2ccccc2)c2ccc(OC)cc2)cc1. The van der Waals surface area contributed by atoms with Crippen LogP contribution in [0.5, 0.6) is 17.2 Å². The van der Waals surface area contributed by atoms with Crippen molar-refractivity contribution in [3.05, 3.63) is 148 Å². The van der Waals surface area contributed by atoms with Gasteiger partial charge in [-0.15, -0.1) is 0 Å². The molecule has 2 aliphatic rings. The number of likely N-dealkylation sites (tertiary alicyclic amines) is 1. The highest BCUT2D eigenvalue weighted by Crippen LogP contribution is 2.48. The summed E-state index contributed by atoms with van der Waals surface area (Å²) in [6.45, 7) is 1.28. The normalized spacial score (nSPS) is 20.8. The number of aliphatic hydroxyl groups excluding tert-OH is 1. The number of para-hydroxylation sites is 1. The van der Waals surface area contributed by atoms with E-state index < -0.39 is 35.3 Å². The lowest BCUT2D eigenvalue weighted by Gasteiger charge is -2.53. The maximum absolute atomic E-state index is 13.6. The van der Waals surface area contributed by atoms with Gasteiger partial charge in [0.1, 0.15) is 46.9 Å². The van der Waals surface area contributed by atoms with Crippen LogP contribution in [0.15, 0.2) is 120 Å². The second-order valence-corrected chi connectivity index (χ2v) is 12.8. The molecule has 268 valence electrons. The number of carbonyl (C=O) groups is 1. The molecule has 4 atom stereocenters. The molecule has 2 aliphatic heterocycles. The van der Waals surface area contributed by atoms with Gasteiger partial charge in [0.05, 0.1) is 27.4 Å². The first-order valence-corrected chi connectivity index (χ1v) is 16.9. The minimum Gasteiger partial charge on any atom is -0.497 e. The molecular weight excluding hydrogens is 664 g/mol. The molecule has 3 heterocycles. The van der Waals surface area contributed by atoms with Gasteiger partial charge in [-0.2, -0.15) is 4.98 Å². The minimum atomic E-state index is -1.44. The quantitative estimate of drug-likeness (QED) is 0.184. The van der Waals surface area contributed by atoms with Gasteiger partial charge in [0.2, 0.25) is 0 Å². The van der Waals surface area contributed by atoms with Gasteiger partial charge in [0.25, 0.3) is 5.91 Å². The molecule has 7 rings (SSSR count). The third kappa shape index (κ3) is 6.04. The summed E-state index contributed by atoms with van der Waals surface area (Å²) in [4.78, 5) is 32.5. The first kappa shape index (κ1) is 34.7. The van der Waals surface area contributed by atoms with Gasteiger partial charge in [-0.05, 0) is 60.0 Å². The van der Waals surface area contributed by atoms with Crippen LogP contribution in [0.3, 0.4) is 0 Å². The maximum Gasteiger partial charge on any atom is 0.351 e. The van der Waals surface area contributed by atoms with Crippen LogP contribution < -0.4 is 25.6 Å². The number of hydrogen-bond acceptors (Lipinski definition) is 10. The Hall–Kier alpha value is -5.69. The second-order valence-electron chi connectivity index (χ2n) is 12.8. The van der Waals surface area contributed by atoms with Crippen LogP contribution in [-0.2, 0) is 25.6 Å². The number of ether oxygens (including phenoxy) is 5. The molecule has 3 N–H and O–H groups in total. The lowest BCUT2D eigenvalue weighted by atomic mass is 9.80. The van der Waals surface area contributed by atoms with Gasteiger partial charge in [-0.25, -0.2) is 4.79 Å². The predicted molar refractivity (Wildman–Crippen MR) is 192 cm³/mol. The molecule has 1 amide bonds. The number of aromatic nitrogens is 2. The van der Waals surface area contributed by atoms with E-state index in [2.05, 4.69) is 4.98 Å². The first-order chi connectivity index (χ1) is 25.2. The van der Waals surface area contributed by atoms with E-state index in [9.17, 15) is 14.7 Å². The molecule has 2 fully saturated rings. The van der Waals surface area contributed by atoms with E-state index in [-0.39, 0.29) is 31.5 Å². The van der Waals surface area contributed by atoms with Crippen molar-refractivity contribution in [2.24, 2.45) is 0 Å². The van der Waals surface area contributed by atoms with Gasteiger partial charge >= 0.3 is 5.69 Å². The third-order valence-electron chi connectivity index (χ3n) is 9.87. The average Bonchev–Trinajstić information content (AvgIpc) is 3.38. The van der Waals surface area contributed by atoms with Crippen LogP contribution in [0.2, 0.25) is 0 Å². The van der Waals surface area contributed by atoms with Crippen molar-refractivity contribution in [1.29, 1.82) is 0 Å². The standard InChI is InChI=1S/C40H40N4O8/c1-26-22-44(38(47)42-37(26)41)39-25-43(34(45)24-50-32-12-8-5-9-13-32)36(39)35(46)33(52-39)23-51-40(27-10-6-4-7-11-27,28-14-18-30(48-2)19-15-28)29-16-20-31(49-3)21-17-29/h4-22,33,35-36,46H,23-25H2,1-3H3,(H2,41,42,47)/t33-,35-,36-,39-/m1/s1. The molecule has 12 heteroatoms. The Morgan fingerprint density at radius 2 is 1.44 bits per heavy atom. The van der Waals surface area contributed by atoms with Crippen molar-refractivity contribution < 1.29 is 33.6 Å². The molecule has 52 heavy (non-hydrogen) atoms. The van der Waals surface area contributed by atoms with E-state index in [0.717, 1.165) is 16.7 Å². The number of hydrogen-bond donors (Lipinski definition) is 2. The third-order valence-corrected chi connectivity index (χ3v) is 9.87. The highest BCUT2D eigenvalue weighted by atomic mass is 16.6. The number of rotatable bonds is 12. The summed E-state index contributed by atoms with van der Waals surface area (Å²) < 4.78 is 31.7. The maximum atomic E-state index is 13.6. The number of nitrogens with zero attached hydrogens (tertiary/aromatic N) is 3. The van der Waals surface area contributed by atoms with Crippen LogP contribution in [0.4, 0.5) is 5.82 Å². The van der Waals surface area contributed by atoms with Gasteiger partial charge in [-0.3, -0.25) is 9.36 Å². The number of benzene rings is 4. The number of anilines is 1. The molecule has 0 bridgehead atoms. The van der Waals surface area contributed by atoms with Crippen LogP contribution in [0.25, 0.3) is 0 Å². The number of aliphatic hydroxyl groups is 1. The molecule has 0 unspecified atom stereocenters. The molecule has 0 radical (unpaired) electrons. The van der Waals surface area contributed by atoms with Crippen LogP contribution in [0, 0.1) is 6.92 Å². The molecular formula is C40H40N4O8. The minimum absolute atomic E-state index is 0.0338. The summed E-state index contributed by atoms with van der Waals surface area (Å²) in [5, 5.41) is 12.0. The van der Waals surface area contributed by atoms with E-state index in [4.69, 9.17) is 29.4 Å². The van der Waals surface area contributed by atoms with Crippen molar-refractivity contribution in [2.75, 3.05) is 39.7 Å². The van der Waals surface area contributed by atoms with Gasteiger partial charge in [0, 0.05) is 11.8 Å². The van der Waals surface area contributed by atoms with Crippen LogP contribution >= 0.6 is 0 Å². The van der Waals surface area contributed by atoms with E-state index in [1.807, 2.05) is 97.1 Å². The van der Waals surface area contributed by atoms with E-state index >= 15 is 0 Å². The molecule has 4 aromatic carbocycles. The Bertz CT molecular complexity index is 2030. The fourth-order valence-electron chi connectivity index (χ4n) is 7.17. The Kier molecular flexibility index (Phi) is 9.45. The molecule has 2 saturated heterocycles. The monoisotopic (exact) mass is 704 g/mol. The van der Waals surface area contributed by atoms with Gasteiger partial charge in [0.15, 0.2) is 12.3 Å². The summed E-state index contributed by atoms with van der Waals surface area (Å²) in [6, 6.07) is 32.9. The summed E-state index contributed by atoms with van der Waals surface area (Å²) >= 11 is 0. The molecule has 12 nitrogen and oxygen atoms in total. The molecule has 0 aliphatic carbocycles. The Labute approximate surface area is 300 Å². The summed E-state index contributed by atoms with van der Waals surface area (Å²) in [5.41, 5.74) is 5.62. The first-order valence-electron chi connectivity index (χ1n) is 16.9. The summed E-state index contributed by atoms with van der Waals surface area (Å²) in [7, 11) is 3.21. The Morgan fingerprint density at radius 1 is 0.885 bits per heavy atom. The number of methoxy groups -OCH3 is 2. The van der Waals surface area contributed by atoms with E-state index in [1.165, 1.54) is 9.47 Å². The highest BCUT2D eigenvalue weighted by Gasteiger charge is 2.68. The van der Waals surface area contributed by atoms with Crippen molar-refractivity contribution in [3.63, 3.8) is 0 Å². The number of carbonyl (C=O) groups excluding carboxylic acids is 1. The van der Waals surface area contributed by atoms with E-state index in [0.29, 0.717) is 22.8 Å². The Balaban J connectivity index is 1.26. The van der Waals surface area contributed by atoms with Crippen molar-refractivity contribution in [2.45, 2.75) is 36.5 Å². The van der Waals surface area contributed by atoms with Crippen molar-refractivity contribution >= 4 is 11.7 Å². The van der Waals surface area contributed by atoms with Crippen molar-refractivity contribution in [3.8, 4) is 17.2 Å². The lowest BCUT2D eigenvalue weighted by Crippen LogP contribution is -2.74. The fraction of sp³-hybridized carbons (Fsp3) is 0.275. The topological polar surface area (TPSA) is 148 Å². The van der Waals surface area contributed by atoms with E-state index in [1.54, 1.807) is 39.5 Å². The van der Waals surface area contributed by atoms with Crippen LogP contribution in [-0.4, -0.2) is 77.7 Å². The largest absolute Gasteiger partial charge is 0.497 e. The number of aryl methyl sites for hydroxylation is 1. The molecule has 0 saturated carbocycles. The fourth-order valence-corrected chi connectivity index (χ4v) is 7.17. The lowest BCUT2D eigenvalue weighted by molar-refractivity contribution is -0.217. The molecule has 0 spiro atoms. The zero-order chi connectivity index (χ0) is 36.5. The average molecular weight is 705 g/mol. The predicted octanol–water partition coefficient (Wildman–Crippen LogP) is 3.86. The van der Waals surface area contributed by atoms with Gasteiger partial charge < -0.3 is 39.4 Å². The number of amides is 1. The summed E-state index contributed by atoms with van der Waals surface area (Å²) in [5.74, 6) is 1.58. The smallest absolute Gasteiger partial charge is 0.351 e. The summed E-state index contributed by atoms with van der Waals surface area (Å²) in [6.07, 6.45) is -0.694. The zero-order valence-electron chi connectivity index (χ0n) is 29.0. The highest BCUT2D eigenvalue weighted by molar-refractivity contribution is 5.79. The zero-order valence-corrected chi connectivity index (χ0v) is 29.0. The van der Waals surface area contributed by atoms with Crippen molar-refractivity contribution in [1.82, 2.24) is 14.5 Å². The Morgan fingerprint density at radius 3 is 2.02 bits per heavy atom. The number of fused-ring (bicyclic) bond motifs is 1. The molecule has 5 aromatic rings. The number of nitrogens with two attached hydrogens (primary N) is 1.